The molecule has 0 spiro atoms. The molecule has 0 amide bonds. The van der Waals surface area contributed by atoms with Crippen molar-refractivity contribution < 1.29 is 18.3 Å². The van der Waals surface area contributed by atoms with Gasteiger partial charge < -0.3 is 5.11 Å². The zero-order valence-electron chi connectivity index (χ0n) is 10.8. The van der Waals surface area contributed by atoms with Gasteiger partial charge in [-0.15, -0.1) is 0 Å². The predicted molar refractivity (Wildman–Crippen MR) is 68.0 cm³/mol. The van der Waals surface area contributed by atoms with Gasteiger partial charge in [-0.25, -0.2) is 0 Å². The van der Waals surface area contributed by atoms with E-state index in [-0.39, 0.29) is 23.7 Å². The lowest BCUT2D eigenvalue weighted by molar-refractivity contribution is -0.0955. The molecule has 1 aromatic carbocycles. The molecule has 0 saturated heterocycles. The number of phenols is 1. The average molecular weight is 270 g/mol. The maximum absolute atomic E-state index is 12.5. The van der Waals surface area contributed by atoms with Gasteiger partial charge in [0.2, 0.25) is 0 Å². The number of halogens is 3. The van der Waals surface area contributed by atoms with Crippen LogP contribution in [0.3, 0.4) is 0 Å². The Labute approximate surface area is 110 Å². The standard InChI is InChI=1S/C15H17F3O/c1-10-8-12(4-7-14(10)19)9-11-2-5-13(6-3-11)15(16,17)18/h4-5,7-8,11,19H,2-3,6,9H2,1H3. The van der Waals surface area contributed by atoms with Gasteiger partial charge in [0.05, 0.1) is 0 Å². The maximum atomic E-state index is 12.5. The molecule has 0 saturated carbocycles. The van der Waals surface area contributed by atoms with E-state index in [2.05, 4.69) is 0 Å². The summed E-state index contributed by atoms with van der Waals surface area (Å²) >= 11 is 0. The topological polar surface area (TPSA) is 20.2 Å². The first-order valence-electron chi connectivity index (χ1n) is 6.41. The van der Waals surface area contributed by atoms with Crippen LogP contribution in [0.4, 0.5) is 13.2 Å². The van der Waals surface area contributed by atoms with E-state index in [4.69, 9.17) is 0 Å². The van der Waals surface area contributed by atoms with Crippen molar-refractivity contribution in [1.29, 1.82) is 0 Å². The molecule has 1 aromatic rings. The van der Waals surface area contributed by atoms with Gasteiger partial charge in [-0.2, -0.15) is 13.2 Å². The van der Waals surface area contributed by atoms with E-state index in [1.165, 1.54) is 6.08 Å². The number of alkyl halides is 3. The van der Waals surface area contributed by atoms with Crippen LogP contribution in [0.1, 0.15) is 30.4 Å². The molecule has 2 rings (SSSR count). The number of allylic oxidation sites excluding steroid dienone is 2. The number of aryl methyl sites for hydroxylation is 1. The van der Waals surface area contributed by atoms with Crippen molar-refractivity contribution in [2.24, 2.45) is 5.92 Å². The van der Waals surface area contributed by atoms with Gasteiger partial charge >= 0.3 is 6.18 Å². The zero-order valence-corrected chi connectivity index (χ0v) is 10.8. The zero-order chi connectivity index (χ0) is 14.0. The molecule has 4 heteroatoms. The van der Waals surface area contributed by atoms with Crippen LogP contribution in [0.2, 0.25) is 0 Å². The molecule has 0 aliphatic heterocycles. The third-order valence-corrected chi connectivity index (χ3v) is 3.67. The molecule has 1 aliphatic carbocycles. The third-order valence-electron chi connectivity index (χ3n) is 3.67. The summed E-state index contributed by atoms with van der Waals surface area (Å²) in [5.74, 6) is 0.515. The first-order valence-corrected chi connectivity index (χ1v) is 6.41. The third kappa shape index (κ3) is 3.52. The summed E-state index contributed by atoms with van der Waals surface area (Å²) in [7, 11) is 0. The molecule has 0 heterocycles. The lowest BCUT2D eigenvalue weighted by Crippen LogP contribution is -2.18. The predicted octanol–water partition coefficient (Wildman–Crippen LogP) is 4.53. The van der Waals surface area contributed by atoms with Crippen molar-refractivity contribution in [3.8, 4) is 5.75 Å². The van der Waals surface area contributed by atoms with Gasteiger partial charge in [0.1, 0.15) is 5.75 Å². The molecule has 1 N–H and O–H groups in total. The Morgan fingerprint density at radius 3 is 2.58 bits per heavy atom. The number of rotatable bonds is 2. The number of hydrogen-bond donors (Lipinski definition) is 1. The molecule has 0 fully saturated rings. The molecule has 0 bridgehead atoms. The highest BCUT2D eigenvalue weighted by Crippen LogP contribution is 2.36. The number of hydrogen-bond acceptors (Lipinski definition) is 1. The van der Waals surface area contributed by atoms with Crippen LogP contribution in [0, 0.1) is 12.8 Å². The number of benzene rings is 1. The summed E-state index contributed by atoms with van der Waals surface area (Å²) in [6.45, 7) is 1.82. The molecule has 19 heavy (non-hydrogen) atoms. The quantitative estimate of drug-likeness (QED) is 0.783. The monoisotopic (exact) mass is 270 g/mol. The molecule has 1 atom stereocenters. The number of phenolic OH excluding ortho intramolecular Hbond substituents is 1. The Morgan fingerprint density at radius 2 is 2.05 bits per heavy atom. The van der Waals surface area contributed by atoms with E-state index in [0.717, 1.165) is 17.5 Å². The summed E-state index contributed by atoms with van der Waals surface area (Å²) in [6.07, 6.45) is -0.893. The lowest BCUT2D eigenvalue weighted by Gasteiger charge is -2.23. The van der Waals surface area contributed by atoms with Gasteiger partial charge in [-0.1, -0.05) is 18.2 Å². The maximum Gasteiger partial charge on any atom is 0.412 e. The molecular weight excluding hydrogens is 253 g/mol. The van der Waals surface area contributed by atoms with Crippen LogP contribution in [0.25, 0.3) is 0 Å². The van der Waals surface area contributed by atoms with E-state index in [1.807, 2.05) is 19.1 Å². The van der Waals surface area contributed by atoms with Gasteiger partial charge in [0, 0.05) is 5.57 Å². The Morgan fingerprint density at radius 1 is 1.32 bits per heavy atom. The van der Waals surface area contributed by atoms with E-state index in [1.54, 1.807) is 6.07 Å². The largest absolute Gasteiger partial charge is 0.508 e. The second-order valence-corrected chi connectivity index (χ2v) is 5.19. The summed E-state index contributed by atoms with van der Waals surface area (Å²) < 4.78 is 37.5. The van der Waals surface area contributed by atoms with Crippen molar-refractivity contribution >= 4 is 0 Å². The normalized spacial score (nSPS) is 20.2. The highest BCUT2D eigenvalue weighted by molar-refractivity contribution is 5.35. The Bertz CT molecular complexity index is 489. The van der Waals surface area contributed by atoms with Crippen LogP contribution in [0.15, 0.2) is 29.8 Å². The molecule has 1 nitrogen and oxygen atoms in total. The molecule has 0 aromatic heterocycles. The molecule has 1 unspecified atom stereocenters. The minimum Gasteiger partial charge on any atom is -0.508 e. The molecule has 104 valence electrons. The average Bonchev–Trinajstić information content (AvgIpc) is 2.33. The van der Waals surface area contributed by atoms with E-state index in [0.29, 0.717) is 12.8 Å². The van der Waals surface area contributed by atoms with Gasteiger partial charge in [0.15, 0.2) is 0 Å². The number of aromatic hydroxyl groups is 1. The summed E-state index contributed by atoms with van der Waals surface area (Å²) in [6, 6.07) is 5.38. The molecular formula is C15H17F3O. The van der Waals surface area contributed by atoms with Crippen LogP contribution >= 0.6 is 0 Å². The Hall–Kier alpha value is -1.45. The van der Waals surface area contributed by atoms with Crippen molar-refractivity contribution in [2.45, 2.75) is 38.8 Å². The van der Waals surface area contributed by atoms with Gasteiger partial charge in [0.25, 0.3) is 0 Å². The van der Waals surface area contributed by atoms with E-state index in [9.17, 15) is 18.3 Å². The summed E-state index contributed by atoms with van der Waals surface area (Å²) in [4.78, 5) is 0. The SMILES string of the molecule is Cc1cc(CC2CC=C(C(F)(F)F)CC2)ccc1O. The summed E-state index contributed by atoms with van der Waals surface area (Å²) in [5, 5.41) is 9.44. The highest BCUT2D eigenvalue weighted by Gasteiger charge is 2.35. The lowest BCUT2D eigenvalue weighted by atomic mass is 9.85. The molecule has 0 radical (unpaired) electrons. The highest BCUT2D eigenvalue weighted by atomic mass is 19.4. The van der Waals surface area contributed by atoms with Crippen LogP contribution in [-0.2, 0) is 6.42 Å². The fraction of sp³-hybridized carbons (Fsp3) is 0.467. The van der Waals surface area contributed by atoms with Crippen LogP contribution < -0.4 is 0 Å². The van der Waals surface area contributed by atoms with E-state index < -0.39 is 6.18 Å². The van der Waals surface area contributed by atoms with Crippen molar-refractivity contribution in [2.75, 3.05) is 0 Å². The minimum atomic E-state index is -4.17. The fourth-order valence-corrected chi connectivity index (χ4v) is 2.51. The second-order valence-electron chi connectivity index (χ2n) is 5.19. The Kier molecular flexibility index (Phi) is 3.88. The first kappa shape index (κ1) is 14.0. The van der Waals surface area contributed by atoms with Crippen LogP contribution in [-0.4, -0.2) is 11.3 Å². The fourth-order valence-electron chi connectivity index (χ4n) is 2.51. The first-order chi connectivity index (χ1) is 8.86. The van der Waals surface area contributed by atoms with Crippen LogP contribution in [0.5, 0.6) is 5.75 Å². The van der Waals surface area contributed by atoms with Crippen molar-refractivity contribution in [3.63, 3.8) is 0 Å². The summed E-state index contributed by atoms with van der Waals surface area (Å²) in [5.41, 5.74) is 1.50. The van der Waals surface area contributed by atoms with E-state index >= 15 is 0 Å². The smallest absolute Gasteiger partial charge is 0.412 e. The van der Waals surface area contributed by atoms with Crippen molar-refractivity contribution in [3.05, 3.63) is 41.0 Å². The van der Waals surface area contributed by atoms with Crippen molar-refractivity contribution in [1.82, 2.24) is 0 Å². The van der Waals surface area contributed by atoms with Gasteiger partial charge in [-0.3, -0.25) is 0 Å². The molecule has 1 aliphatic rings. The minimum absolute atomic E-state index is 0.116. The Balaban J connectivity index is 1.99. The van der Waals surface area contributed by atoms with Gasteiger partial charge in [-0.05, 0) is 55.7 Å². The second kappa shape index (κ2) is 5.27.